The van der Waals surface area contributed by atoms with Crippen LogP contribution in [-0.2, 0) is 6.54 Å². The molecule has 4 rings (SSSR count). The van der Waals surface area contributed by atoms with Gasteiger partial charge in [-0.05, 0) is 61.0 Å². The van der Waals surface area contributed by atoms with Crippen LogP contribution in [0.5, 0.6) is 0 Å². The minimum absolute atomic E-state index is 0.114. The lowest BCUT2D eigenvalue weighted by atomic mass is 9.85. The number of rotatable bonds is 2. The highest BCUT2D eigenvalue weighted by Gasteiger charge is 2.25. The maximum atomic E-state index is 14.5. The summed E-state index contributed by atoms with van der Waals surface area (Å²) in [4.78, 5) is 2.21. The summed E-state index contributed by atoms with van der Waals surface area (Å²) in [6.45, 7) is 1.58. The Hall–Kier alpha value is -2.86. The number of aromatic nitrogens is 2. The molecule has 1 unspecified atom stereocenters. The average Bonchev–Trinajstić information content (AvgIpc) is 2.80. The van der Waals surface area contributed by atoms with Gasteiger partial charge in [0.1, 0.15) is 17.5 Å². The number of benzene rings is 2. The topological polar surface area (TPSA) is 55.0 Å². The Balaban J connectivity index is 1.79. The summed E-state index contributed by atoms with van der Waals surface area (Å²) in [7, 11) is 2.04. The van der Waals surface area contributed by atoms with Gasteiger partial charge in [-0.15, -0.1) is 10.2 Å². The van der Waals surface area contributed by atoms with Gasteiger partial charge in [-0.1, -0.05) is 18.2 Å². The smallest absolute Gasteiger partial charge is 0.146 e. The fourth-order valence-corrected chi connectivity index (χ4v) is 3.72. The molecule has 0 spiro atoms. The molecule has 138 valence electrons. The van der Waals surface area contributed by atoms with E-state index in [0.717, 1.165) is 48.0 Å². The maximum Gasteiger partial charge on any atom is 0.146 e. The molecule has 0 saturated carbocycles. The zero-order valence-corrected chi connectivity index (χ0v) is 15.0. The third-order valence-corrected chi connectivity index (χ3v) is 5.08. The summed E-state index contributed by atoms with van der Waals surface area (Å²) < 4.78 is 27.8. The van der Waals surface area contributed by atoms with E-state index < -0.39 is 11.6 Å². The second kappa shape index (κ2) is 7.04. The summed E-state index contributed by atoms with van der Waals surface area (Å²) >= 11 is 0. The van der Waals surface area contributed by atoms with Crippen molar-refractivity contribution in [3.63, 3.8) is 0 Å². The van der Waals surface area contributed by atoms with Gasteiger partial charge >= 0.3 is 0 Å². The number of nitrogens with zero attached hydrogens (tertiary/aromatic N) is 3. The van der Waals surface area contributed by atoms with Crippen molar-refractivity contribution in [3.05, 3.63) is 76.9 Å². The van der Waals surface area contributed by atoms with Crippen LogP contribution in [0, 0.1) is 11.6 Å². The Morgan fingerprint density at radius 3 is 2.56 bits per heavy atom. The Bertz CT molecular complexity index is 972. The van der Waals surface area contributed by atoms with Crippen LogP contribution in [0.4, 0.5) is 14.6 Å². The van der Waals surface area contributed by atoms with Crippen LogP contribution in [0.2, 0.25) is 0 Å². The number of halogens is 2. The number of fused-ring (bicyclic) bond motifs is 1. The molecule has 2 aromatic carbocycles. The molecule has 3 aromatic rings. The quantitative estimate of drug-likeness (QED) is 0.746. The van der Waals surface area contributed by atoms with E-state index in [4.69, 9.17) is 5.73 Å². The highest BCUT2D eigenvalue weighted by atomic mass is 19.1. The molecule has 0 amide bonds. The first-order valence-corrected chi connectivity index (χ1v) is 8.87. The monoisotopic (exact) mass is 366 g/mol. The second-order valence-corrected chi connectivity index (χ2v) is 7.00. The van der Waals surface area contributed by atoms with Crippen molar-refractivity contribution in [2.24, 2.45) is 0 Å². The third-order valence-electron chi connectivity index (χ3n) is 5.08. The lowest BCUT2D eigenvalue weighted by molar-refractivity contribution is 0.327. The van der Waals surface area contributed by atoms with E-state index >= 15 is 0 Å². The van der Waals surface area contributed by atoms with E-state index in [-0.39, 0.29) is 5.92 Å². The molecule has 1 aromatic heterocycles. The zero-order valence-electron chi connectivity index (χ0n) is 15.0. The first-order chi connectivity index (χ1) is 13.0. The number of nitrogens with two attached hydrogens (primary N) is 1. The molecule has 2 N–H and O–H groups in total. The molecule has 2 heterocycles. The van der Waals surface area contributed by atoms with E-state index in [1.807, 2.05) is 25.2 Å². The molecule has 0 radical (unpaired) electrons. The molecule has 0 aliphatic carbocycles. The van der Waals surface area contributed by atoms with Gasteiger partial charge in [0.15, 0.2) is 0 Å². The van der Waals surface area contributed by atoms with Gasteiger partial charge < -0.3 is 10.6 Å². The molecule has 6 heteroatoms. The predicted molar refractivity (Wildman–Crippen MR) is 101 cm³/mol. The maximum absolute atomic E-state index is 14.5. The first kappa shape index (κ1) is 17.5. The standard InChI is InChI=1S/C21H20F2N4/c1-27-9-8-17(18-5-3-15(22)11-19(18)23)16-4-2-13(10-14(16)12-27)20-6-7-21(24)26-25-20/h2-7,10-11,17H,8-9,12H2,1H3,(H2,24,26). The Labute approximate surface area is 156 Å². The summed E-state index contributed by atoms with van der Waals surface area (Å²) in [5.41, 5.74) is 10.0. The Kier molecular flexibility index (Phi) is 4.58. The van der Waals surface area contributed by atoms with E-state index in [1.54, 1.807) is 12.1 Å². The normalized spacial score (nSPS) is 17.4. The lowest BCUT2D eigenvalue weighted by Gasteiger charge is -2.19. The van der Waals surface area contributed by atoms with Crippen LogP contribution in [0.15, 0.2) is 48.5 Å². The SMILES string of the molecule is CN1CCC(c2ccc(F)cc2F)c2ccc(-c3ccc(N)nn3)cc2C1. The predicted octanol–water partition coefficient (Wildman–Crippen LogP) is 3.97. The van der Waals surface area contributed by atoms with Gasteiger partial charge in [0.05, 0.1) is 5.69 Å². The van der Waals surface area contributed by atoms with E-state index in [2.05, 4.69) is 21.2 Å². The Morgan fingerprint density at radius 1 is 1.00 bits per heavy atom. The average molecular weight is 366 g/mol. The fraction of sp³-hybridized carbons (Fsp3) is 0.238. The molecule has 4 nitrogen and oxygen atoms in total. The van der Waals surface area contributed by atoms with E-state index in [9.17, 15) is 8.78 Å². The van der Waals surface area contributed by atoms with Crippen molar-refractivity contribution < 1.29 is 8.78 Å². The van der Waals surface area contributed by atoms with Gasteiger partial charge in [-0.2, -0.15) is 0 Å². The van der Waals surface area contributed by atoms with Crippen LogP contribution < -0.4 is 5.73 Å². The molecule has 1 atom stereocenters. The molecule has 0 fully saturated rings. The molecule has 1 aliphatic rings. The lowest BCUT2D eigenvalue weighted by Crippen LogP contribution is -2.17. The number of anilines is 1. The molecule has 0 bridgehead atoms. The number of nitrogen functional groups attached to an aromatic ring is 1. The van der Waals surface area contributed by atoms with Crippen LogP contribution in [0.25, 0.3) is 11.3 Å². The summed E-state index contributed by atoms with van der Waals surface area (Å²) in [5.74, 6) is -0.791. The van der Waals surface area contributed by atoms with Crippen molar-refractivity contribution in [2.75, 3.05) is 19.3 Å². The van der Waals surface area contributed by atoms with Crippen molar-refractivity contribution in [3.8, 4) is 11.3 Å². The first-order valence-electron chi connectivity index (χ1n) is 8.87. The van der Waals surface area contributed by atoms with Gasteiger partial charge in [0, 0.05) is 24.1 Å². The minimum Gasteiger partial charge on any atom is -0.382 e. The molecule has 0 saturated heterocycles. The van der Waals surface area contributed by atoms with Crippen LogP contribution in [0.3, 0.4) is 0 Å². The summed E-state index contributed by atoms with van der Waals surface area (Å²) in [5, 5.41) is 8.07. The van der Waals surface area contributed by atoms with Crippen LogP contribution >= 0.6 is 0 Å². The largest absolute Gasteiger partial charge is 0.382 e. The fourth-order valence-electron chi connectivity index (χ4n) is 3.72. The molecule has 27 heavy (non-hydrogen) atoms. The van der Waals surface area contributed by atoms with Crippen LogP contribution in [-0.4, -0.2) is 28.7 Å². The van der Waals surface area contributed by atoms with Gasteiger partial charge in [0.2, 0.25) is 0 Å². The minimum atomic E-state index is -0.556. The van der Waals surface area contributed by atoms with Crippen molar-refractivity contribution >= 4 is 5.82 Å². The van der Waals surface area contributed by atoms with Crippen molar-refractivity contribution in [2.45, 2.75) is 18.9 Å². The van der Waals surface area contributed by atoms with Crippen LogP contribution in [0.1, 0.15) is 29.0 Å². The zero-order chi connectivity index (χ0) is 19.0. The van der Waals surface area contributed by atoms with Gasteiger partial charge in [-0.25, -0.2) is 8.78 Å². The molecular formula is C21H20F2N4. The van der Waals surface area contributed by atoms with Crippen molar-refractivity contribution in [1.82, 2.24) is 15.1 Å². The Morgan fingerprint density at radius 2 is 1.81 bits per heavy atom. The van der Waals surface area contributed by atoms with Crippen molar-refractivity contribution in [1.29, 1.82) is 0 Å². The van der Waals surface area contributed by atoms with E-state index in [0.29, 0.717) is 11.4 Å². The highest BCUT2D eigenvalue weighted by Crippen LogP contribution is 2.36. The molecule has 1 aliphatic heterocycles. The second-order valence-electron chi connectivity index (χ2n) is 7.00. The van der Waals surface area contributed by atoms with Gasteiger partial charge in [0.25, 0.3) is 0 Å². The summed E-state index contributed by atoms with van der Waals surface area (Å²) in [6, 6.07) is 13.5. The highest BCUT2D eigenvalue weighted by molar-refractivity contribution is 5.62. The van der Waals surface area contributed by atoms with Gasteiger partial charge in [-0.3, -0.25) is 0 Å². The number of hydrogen-bond donors (Lipinski definition) is 1. The van der Waals surface area contributed by atoms with E-state index in [1.165, 1.54) is 6.07 Å². The summed E-state index contributed by atoms with van der Waals surface area (Å²) in [6.07, 6.45) is 0.771. The molecular weight excluding hydrogens is 346 g/mol. The number of hydrogen-bond acceptors (Lipinski definition) is 4. The third kappa shape index (κ3) is 3.53.